The average Bonchev–Trinajstić information content (AvgIpc) is 2.50. The van der Waals surface area contributed by atoms with Crippen LogP contribution in [0, 0.1) is 6.92 Å². The van der Waals surface area contributed by atoms with E-state index in [-0.39, 0.29) is 6.09 Å². The third kappa shape index (κ3) is 3.97. The van der Waals surface area contributed by atoms with Gasteiger partial charge in [0.05, 0.1) is 12.3 Å². The maximum atomic E-state index is 11.9. The molecule has 0 saturated carbocycles. The number of hydrogen-bond donors (Lipinski definition) is 0. The number of aromatic nitrogens is 2. The van der Waals surface area contributed by atoms with E-state index < -0.39 is 0 Å². The Balaban J connectivity index is 1.88. The van der Waals surface area contributed by atoms with Crippen LogP contribution < -0.4 is 4.90 Å². The molecule has 6 nitrogen and oxygen atoms in total. The first-order valence-electron chi connectivity index (χ1n) is 7.27. The highest BCUT2D eigenvalue weighted by Gasteiger charge is 2.24. The van der Waals surface area contributed by atoms with Crippen LogP contribution >= 0.6 is 11.6 Å². The van der Waals surface area contributed by atoms with Crippen LogP contribution in [0.15, 0.2) is 6.33 Å². The molecule has 1 aromatic heterocycles. The Hall–Kier alpha value is -1.56. The molecule has 0 aliphatic carbocycles. The molecule has 0 aromatic carbocycles. The molecule has 1 aromatic rings. The molecule has 0 bridgehead atoms. The molecule has 7 heteroatoms. The van der Waals surface area contributed by atoms with E-state index in [9.17, 15) is 4.79 Å². The highest BCUT2D eigenvalue weighted by Crippen LogP contribution is 2.25. The molecule has 1 amide bonds. The predicted octanol–water partition coefficient (Wildman–Crippen LogP) is 2.50. The summed E-state index contributed by atoms with van der Waals surface area (Å²) in [7, 11) is 0. The Labute approximate surface area is 130 Å². The summed E-state index contributed by atoms with van der Waals surface area (Å²) in [6, 6.07) is 0. The second-order valence-electron chi connectivity index (χ2n) is 5.04. The van der Waals surface area contributed by atoms with Gasteiger partial charge in [-0.1, -0.05) is 24.9 Å². The van der Waals surface area contributed by atoms with Crippen molar-refractivity contribution in [3.8, 4) is 0 Å². The number of halogens is 1. The molecule has 0 N–H and O–H groups in total. The molecule has 0 unspecified atom stereocenters. The van der Waals surface area contributed by atoms with E-state index in [1.807, 2.05) is 6.92 Å². The van der Waals surface area contributed by atoms with Crippen molar-refractivity contribution in [2.45, 2.75) is 26.7 Å². The lowest BCUT2D eigenvalue weighted by atomic mass is 10.3. The van der Waals surface area contributed by atoms with Gasteiger partial charge in [-0.3, -0.25) is 0 Å². The minimum absolute atomic E-state index is 0.229. The number of anilines is 1. The van der Waals surface area contributed by atoms with Crippen LogP contribution in [0.3, 0.4) is 0 Å². The van der Waals surface area contributed by atoms with E-state index in [0.717, 1.165) is 24.4 Å². The van der Waals surface area contributed by atoms with Gasteiger partial charge in [-0.15, -0.1) is 0 Å². The molecule has 1 aliphatic heterocycles. The van der Waals surface area contributed by atoms with Gasteiger partial charge < -0.3 is 14.5 Å². The van der Waals surface area contributed by atoms with E-state index >= 15 is 0 Å². The normalized spacial score (nSPS) is 15.2. The molecule has 0 atom stereocenters. The summed E-state index contributed by atoms with van der Waals surface area (Å²) >= 11 is 6.24. The summed E-state index contributed by atoms with van der Waals surface area (Å²) in [6.07, 6.45) is 3.21. The number of carbonyl (C=O) groups is 1. The lowest BCUT2D eigenvalue weighted by Crippen LogP contribution is -2.49. The first kappa shape index (κ1) is 15.8. The van der Waals surface area contributed by atoms with Crippen molar-refractivity contribution in [3.63, 3.8) is 0 Å². The zero-order chi connectivity index (χ0) is 15.2. The van der Waals surface area contributed by atoms with Gasteiger partial charge in [-0.25, -0.2) is 14.8 Å². The topological polar surface area (TPSA) is 58.6 Å². The van der Waals surface area contributed by atoms with Gasteiger partial charge in [0.1, 0.15) is 11.3 Å². The van der Waals surface area contributed by atoms with E-state index in [4.69, 9.17) is 16.3 Å². The number of ether oxygens (including phenoxy) is 1. The standard InChI is InChI=1S/C14H21ClN4O2/c1-3-4-9-21-14(20)19-7-5-18(6-8-19)13-12(15)11(2)16-10-17-13/h10H,3-9H2,1-2H3. The molecule has 2 rings (SSSR count). The van der Waals surface area contributed by atoms with E-state index in [0.29, 0.717) is 37.8 Å². The molecule has 1 saturated heterocycles. The number of amides is 1. The van der Waals surface area contributed by atoms with Crippen molar-refractivity contribution in [2.75, 3.05) is 37.7 Å². The second kappa shape index (κ2) is 7.45. The van der Waals surface area contributed by atoms with Crippen LogP contribution in [-0.4, -0.2) is 53.7 Å². The van der Waals surface area contributed by atoms with Crippen LogP contribution in [0.4, 0.5) is 10.6 Å². The zero-order valence-electron chi connectivity index (χ0n) is 12.5. The van der Waals surface area contributed by atoms with Crippen molar-refractivity contribution in [1.29, 1.82) is 0 Å². The minimum atomic E-state index is -0.229. The van der Waals surface area contributed by atoms with Gasteiger partial charge >= 0.3 is 6.09 Å². The van der Waals surface area contributed by atoms with Crippen molar-refractivity contribution >= 4 is 23.5 Å². The smallest absolute Gasteiger partial charge is 0.409 e. The lowest BCUT2D eigenvalue weighted by molar-refractivity contribution is 0.0989. The number of nitrogens with zero attached hydrogens (tertiary/aromatic N) is 4. The van der Waals surface area contributed by atoms with Crippen molar-refractivity contribution in [2.24, 2.45) is 0 Å². The maximum absolute atomic E-state index is 11.9. The molecule has 1 aliphatic rings. The SMILES string of the molecule is CCCCOC(=O)N1CCN(c2ncnc(C)c2Cl)CC1. The van der Waals surface area contributed by atoms with Crippen molar-refractivity contribution in [3.05, 3.63) is 17.0 Å². The van der Waals surface area contributed by atoms with Gasteiger partial charge in [0.2, 0.25) is 0 Å². The first-order valence-corrected chi connectivity index (χ1v) is 7.65. The number of rotatable bonds is 4. The van der Waals surface area contributed by atoms with Crippen molar-refractivity contribution in [1.82, 2.24) is 14.9 Å². The zero-order valence-corrected chi connectivity index (χ0v) is 13.3. The van der Waals surface area contributed by atoms with Crippen LogP contribution in [0.5, 0.6) is 0 Å². The number of hydrogen-bond acceptors (Lipinski definition) is 5. The summed E-state index contributed by atoms with van der Waals surface area (Å²) in [5.41, 5.74) is 0.767. The summed E-state index contributed by atoms with van der Waals surface area (Å²) < 4.78 is 5.22. The highest BCUT2D eigenvalue weighted by atomic mass is 35.5. The van der Waals surface area contributed by atoms with Gasteiger partial charge in [0.25, 0.3) is 0 Å². The molecule has 0 radical (unpaired) electrons. The fourth-order valence-corrected chi connectivity index (χ4v) is 2.38. The van der Waals surface area contributed by atoms with Crippen molar-refractivity contribution < 1.29 is 9.53 Å². The largest absolute Gasteiger partial charge is 0.449 e. The number of carbonyl (C=O) groups excluding carboxylic acids is 1. The quantitative estimate of drug-likeness (QED) is 0.799. The van der Waals surface area contributed by atoms with Crippen LogP contribution in [0.25, 0.3) is 0 Å². The molecule has 1 fully saturated rings. The Bertz CT molecular complexity index is 490. The molecule has 116 valence electrons. The van der Waals surface area contributed by atoms with Gasteiger partial charge in [-0.2, -0.15) is 0 Å². The third-order valence-electron chi connectivity index (χ3n) is 3.51. The number of piperazine rings is 1. The highest BCUT2D eigenvalue weighted by molar-refractivity contribution is 6.33. The Morgan fingerprint density at radius 2 is 2.05 bits per heavy atom. The second-order valence-corrected chi connectivity index (χ2v) is 5.42. The monoisotopic (exact) mass is 312 g/mol. The Morgan fingerprint density at radius 3 is 2.71 bits per heavy atom. The lowest BCUT2D eigenvalue weighted by Gasteiger charge is -2.35. The Morgan fingerprint density at radius 1 is 1.33 bits per heavy atom. The molecule has 21 heavy (non-hydrogen) atoms. The third-order valence-corrected chi connectivity index (χ3v) is 3.95. The van der Waals surface area contributed by atoms with Crippen LogP contribution in [0.1, 0.15) is 25.5 Å². The summed E-state index contributed by atoms with van der Waals surface area (Å²) in [5, 5.41) is 0.580. The molecular weight excluding hydrogens is 292 g/mol. The fourth-order valence-electron chi connectivity index (χ4n) is 2.16. The van der Waals surface area contributed by atoms with E-state index in [2.05, 4.69) is 21.8 Å². The number of unbranched alkanes of at least 4 members (excludes halogenated alkanes) is 1. The van der Waals surface area contributed by atoms with Gasteiger partial charge in [0.15, 0.2) is 5.82 Å². The summed E-state index contributed by atoms with van der Waals surface area (Å²) in [6.45, 7) is 7.04. The van der Waals surface area contributed by atoms with Gasteiger partial charge in [0, 0.05) is 26.2 Å². The molecule has 2 heterocycles. The minimum Gasteiger partial charge on any atom is -0.449 e. The Kier molecular flexibility index (Phi) is 5.61. The fraction of sp³-hybridized carbons (Fsp3) is 0.643. The average molecular weight is 313 g/mol. The number of aryl methyl sites for hydroxylation is 1. The maximum Gasteiger partial charge on any atom is 0.409 e. The van der Waals surface area contributed by atoms with Gasteiger partial charge in [-0.05, 0) is 13.3 Å². The van der Waals surface area contributed by atoms with Crippen LogP contribution in [-0.2, 0) is 4.74 Å². The summed E-state index contributed by atoms with van der Waals surface area (Å²) in [4.78, 5) is 24.0. The molecular formula is C14H21ClN4O2. The van der Waals surface area contributed by atoms with E-state index in [1.165, 1.54) is 6.33 Å². The first-order chi connectivity index (χ1) is 10.1. The van der Waals surface area contributed by atoms with E-state index in [1.54, 1.807) is 4.90 Å². The van der Waals surface area contributed by atoms with Crippen LogP contribution in [0.2, 0.25) is 5.02 Å². The molecule has 0 spiro atoms. The predicted molar refractivity (Wildman–Crippen MR) is 81.8 cm³/mol. The summed E-state index contributed by atoms with van der Waals surface area (Å²) in [5.74, 6) is 0.739.